The molecule has 0 amide bonds. The van der Waals surface area contributed by atoms with Crippen molar-refractivity contribution in [3.63, 3.8) is 0 Å². The Balaban J connectivity index is 2.00. The average Bonchev–Trinajstić information content (AvgIpc) is 2.85. The van der Waals surface area contributed by atoms with Crippen LogP contribution in [0, 0.1) is 10.1 Å². The highest BCUT2D eigenvalue weighted by molar-refractivity contribution is 6.04. The second kappa shape index (κ2) is 9.44. The minimum atomic E-state index is -0.610. The van der Waals surface area contributed by atoms with Crippen LogP contribution in [0.3, 0.4) is 0 Å². The van der Waals surface area contributed by atoms with Gasteiger partial charge >= 0.3 is 5.69 Å². The number of rotatable bonds is 6. The average molecular weight is 444 g/mol. The third-order valence-corrected chi connectivity index (χ3v) is 5.36. The van der Waals surface area contributed by atoms with Gasteiger partial charge in [-0.2, -0.15) is 0 Å². The normalized spacial score (nSPS) is 16.8. The van der Waals surface area contributed by atoms with E-state index in [2.05, 4.69) is 15.6 Å². The molecule has 0 radical (unpaired) electrons. The quantitative estimate of drug-likeness (QED) is 0.382. The zero-order chi connectivity index (χ0) is 23.4. The molecule has 1 aliphatic rings. The van der Waals surface area contributed by atoms with E-state index in [4.69, 9.17) is 4.74 Å². The summed E-state index contributed by atoms with van der Waals surface area (Å²) in [6.45, 7) is 2.01. The van der Waals surface area contributed by atoms with Crippen LogP contribution in [0.2, 0.25) is 0 Å². The molecule has 0 spiro atoms. The number of phenolic OH excluding ortho intramolecular Hbond substituents is 1. The van der Waals surface area contributed by atoms with Gasteiger partial charge in [0, 0.05) is 18.7 Å². The summed E-state index contributed by atoms with van der Waals surface area (Å²) < 4.78 is 5.52. The van der Waals surface area contributed by atoms with Crippen LogP contribution in [0.15, 0.2) is 77.8 Å². The van der Waals surface area contributed by atoms with Gasteiger partial charge in [0.25, 0.3) is 0 Å². The Morgan fingerprint density at radius 1 is 1.06 bits per heavy atom. The summed E-state index contributed by atoms with van der Waals surface area (Å²) in [6.07, 6.45) is 0. The summed E-state index contributed by atoms with van der Waals surface area (Å²) >= 11 is 0. The fourth-order valence-electron chi connectivity index (χ4n) is 3.89. The summed E-state index contributed by atoms with van der Waals surface area (Å²) in [7, 11) is 1.66. The van der Waals surface area contributed by atoms with Crippen molar-refractivity contribution in [2.75, 3.05) is 13.7 Å². The Labute approximate surface area is 191 Å². The van der Waals surface area contributed by atoms with Crippen LogP contribution in [0.4, 0.5) is 5.69 Å². The molecule has 8 heteroatoms. The first-order valence-corrected chi connectivity index (χ1v) is 10.5. The maximum atomic E-state index is 11.7. The van der Waals surface area contributed by atoms with Crippen molar-refractivity contribution in [1.29, 1.82) is 0 Å². The number of ether oxygens (including phenoxy) is 1. The van der Waals surface area contributed by atoms with Gasteiger partial charge in [0.05, 0.1) is 23.3 Å². The van der Waals surface area contributed by atoms with Crippen molar-refractivity contribution in [3.05, 3.63) is 99.6 Å². The minimum absolute atomic E-state index is 0.0608. The molecule has 3 aromatic carbocycles. The van der Waals surface area contributed by atoms with Crippen LogP contribution < -0.4 is 15.4 Å². The van der Waals surface area contributed by atoms with E-state index in [1.54, 1.807) is 20.0 Å². The zero-order valence-electron chi connectivity index (χ0n) is 18.3. The van der Waals surface area contributed by atoms with E-state index in [0.717, 1.165) is 22.4 Å². The van der Waals surface area contributed by atoms with E-state index >= 15 is 0 Å². The van der Waals surface area contributed by atoms with Crippen molar-refractivity contribution in [3.8, 4) is 11.5 Å². The number of aliphatic imine (C=N–C) groups is 1. The molecule has 4 rings (SSSR count). The molecule has 33 heavy (non-hydrogen) atoms. The lowest BCUT2D eigenvalue weighted by Gasteiger charge is -2.33. The first-order chi connectivity index (χ1) is 16.0. The molecule has 3 aromatic rings. The molecule has 0 saturated carbocycles. The van der Waals surface area contributed by atoms with E-state index in [1.165, 1.54) is 6.07 Å². The Kier molecular flexibility index (Phi) is 6.26. The molecule has 1 unspecified atom stereocenters. The van der Waals surface area contributed by atoms with Crippen LogP contribution in [0.25, 0.3) is 11.3 Å². The Bertz CT molecular complexity index is 1220. The molecule has 0 aromatic heterocycles. The molecule has 1 aliphatic heterocycles. The molecular weight excluding hydrogens is 420 g/mol. The lowest BCUT2D eigenvalue weighted by molar-refractivity contribution is -0.386. The van der Waals surface area contributed by atoms with E-state index in [-0.39, 0.29) is 12.4 Å². The minimum Gasteiger partial charge on any atom is -0.500 e. The van der Waals surface area contributed by atoms with Crippen LogP contribution in [-0.2, 0) is 0 Å². The second-order valence-corrected chi connectivity index (χ2v) is 7.37. The Morgan fingerprint density at radius 2 is 1.70 bits per heavy atom. The van der Waals surface area contributed by atoms with E-state index < -0.39 is 22.4 Å². The third-order valence-electron chi connectivity index (χ3n) is 5.36. The third kappa shape index (κ3) is 4.36. The molecule has 0 bridgehead atoms. The number of hydrogen-bond donors (Lipinski definition) is 3. The number of nitrogens with zero attached hydrogens (tertiary/aromatic N) is 2. The number of nitro groups is 1. The van der Waals surface area contributed by atoms with Crippen LogP contribution in [-0.4, -0.2) is 29.6 Å². The number of hydrogen-bond acceptors (Lipinski definition) is 5. The van der Waals surface area contributed by atoms with Gasteiger partial charge in [0.1, 0.15) is 0 Å². The summed E-state index contributed by atoms with van der Waals surface area (Å²) in [5.41, 5.74) is 3.75. The van der Waals surface area contributed by atoms with Gasteiger partial charge in [-0.05, 0) is 29.7 Å². The first kappa shape index (κ1) is 21.9. The summed E-state index contributed by atoms with van der Waals surface area (Å²) in [4.78, 5) is 15.4. The second-order valence-electron chi connectivity index (χ2n) is 7.37. The monoisotopic (exact) mass is 444 g/mol. The molecule has 1 atom stereocenters. The summed E-state index contributed by atoms with van der Waals surface area (Å²) in [5, 5.41) is 28.8. The first-order valence-electron chi connectivity index (χ1n) is 10.5. The number of phenols is 1. The molecule has 0 fully saturated rings. The van der Waals surface area contributed by atoms with Gasteiger partial charge in [-0.3, -0.25) is 15.1 Å². The van der Waals surface area contributed by atoms with Crippen LogP contribution in [0.5, 0.6) is 11.5 Å². The molecule has 168 valence electrons. The van der Waals surface area contributed by atoms with Gasteiger partial charge in [0.2, 0.25) is 5.75 Å². The van der Waals surface area contributed by atoms with E-state index in [1.807, 2.05) is 60.7 Å². The maximum Gasteiger partial charge on any atom is 0.315 e. The van der Waals surface area contributed by atoms with Crippen molar-refractivity contribution >= 4 is 22.9 Å². The van der Waals surface area contributed by atoms with Crippen LogP contribution >= 0.6 is 0 Å². The van der Waals surface area contributed by atoms with Crippen molar-refractivity contribution < 1.29 is 14.8 Å². The Morgan fingerprint density at radius 3 is 2.27 bits per heavy atom. The standard InChI is InChI=1S/C25H24N4O4/c1-3-33-20-15-18(14-19(24(20)30)29(31)32)23-21(16-10-6-4-7-11-16)22(27-25(26-2)28-23)17-12-8-5-9-13-17/h4-15,23,30H,3H2,1-2H3,(H2,26,27,28). The van der Waals surface area contributed by atoms with Crippen molar-refractivity contribution in [2.24, 2.45) is 4.99 Å². The largest absolute Gasteiger partial charge is 0.500 e. The number of nitro benzene ring substituents is 1. The smallest absolute Gasteiger partial charge is 0.315 e. The molecular formula is C25H24N4O4. The topological polar surface area (TPSA) is 109 Å². The summed E-state index contributed by atoms with van der Waals surface area (Å²) in [5.74, 6) is 0.0929. The Hall–Kier alpha value is -4.33. The number of aromatic hydroxyl groups is 1. The van der Waals surface area contributed by atoms with Gasteiger partial charge in [0.15, 0.2) is 11.7 Å². The fraction of sp³-hybridized carbons (Fsp3) is 0.160. The zero-order valence-corrected chi connectivity index (χ0v) is 18.3. The predicted octanol–water partition coefficient (Wildman–Crippen LogP) is 4.49. The van der Waals surface area contributed by atoms with E-state index in [9.17, 15) is 15.2 Å². The highest BCUT2D eigenvalue weighted by Crippen LogP contribution is 2.43. The predicted molar refractivity (Wildman–Crippen MR) is 128 cm³/mol. The maximum absolute atomic E-state index is 11.7. The molecule has 3 N–H and O–H groups in total. The molecule has 8 nitrogen and oxygen atoms in total. The number of nitrogens with one attached hydrogen (secondary N) is 2. The van der Waals surface area contributed by atoms with Gasteiger partial charge in [-0.15, -0.1) is 0 Å². The van der Waals surface area contributed by atoms with Crippen molar-refractivity contribution in [2.45, 2.75) is 13.0 Å². The summed E-state index contributed by atoms with van der Waals surface area (Å²) in [6, 6.07) is 22.1. The SMILES string of the molecule is CCOc1cc(C2NC(=NC)NC(c3ccccc3)=C2c2ccccc2)cc([N+](=O)[O-])c1O. The lowest BCUT2D eigenvalue weighted by atomic mass is 9.87. The lowest BCUT2D eigenvalue weighted by Crippen LogP contribution is -2.44. The van der Waals surface area contributed by atoms with E-state index in [0.29, 0.717) is 11.5 Å². The van der Waals surface area contributed by atoms with Gasteiger partial charge in [-0.25, -0.2) is 0 Å². The molecule has 0 aliphatic carbocycles. The number of benzene rings is 3. The van der Waals surface area contributed by atoms with Gasteiger partial charge in [-0.1, -0.05) is 60.7 Å². The highest BCUT2D eigenvalue weighted by atomic mass is 16.6. The van der Waals surface area contributed by atoms with Gasteiger partial charge < -0.3 is 20.5 Å². The van der Waals surface area contributed by atoms with Crippen molar-refractivity contribution in [1.82, 2.24) is 10.6 Å². The highest BCUT2D eigenvalue weighted by Gasteiger charge is 2.32. The number of guanidine groups is 1. The van der Waals surface area contributed by atoms with Crippen LogP contribution in [0.1, 0.15) is 29.7 Å². The fourth-order valence-corrected chi connectivity index (χ4v) is 3.89. The molecule has 0 saturated heterocycles. The molecule has 1 heterocycles.